The molecule has 1 aromatic heterocycles. The first-order chi connectivity index (χ1) is 8.15. The molecule has 0 aliphatic rings. The highest BCUT2D eigenvalue weighted by atomic mass is 19.1. The van der Waals surface area contributed by atoms with E-state index in [0.717, 1.165) is 5.56 Å². The maximum Gasteiger partial charge on any atom is 0.303 e. The highest BCUT2D eigenvalue weighted by Gasteiger charge is 2.08. The first kappa shape index (κ1) is 11.3. The Morgan fingerprint density at radius 2 is 2.06 bits per heavy atom. The number of carbonyl (C=O) groups is 1. The van der Waals surface area contributed by atoms with E-state index in [0.29, 0.717) is 17.9 Å². The third kappa shape index (κ3) is 2.90. The largest absolute Gasteiger partial charge is 0.481 e. The summed E-state index contributed by atoms with van der Waals surface area (Å²) in [6, 6.07) is 7.51. The van der Waals surface area contributed by atoms with Gasteiger partial charge in [-0.1, -0.05) is 5.16 Å². The fraction of sp³-hybridized carbons (Fsp3) is 0.167. The van der Waals surface area contributed by atoms with Crippen LogP contribution in [0.2, 0.25) is 0 Å². The van der Waals surface area contributed by atoms with Crippen molar-refractivity contribution >= 4 is 5.97 Å². The normalized spacial score (nSPS) is 10.4. The smallest absolute Gasteiger partial charge is 0.303 e. The Balaban J connectivity index is 2.12. The first-order valence-corrected chi connectivity index (χ1v) is 5.08. The molecule has 1 N–H and O–H groups in total. The van der Waals surface area contributed by atoms with Crippen LogP contribution in [0.25, 0.3) is 11.3 Å². The van der Waals surface area contributed by atoms with Gasteiger partial charge < -0.3 is 9.63 Å². The number of carboxylic acids is 1. The molecule has 0 unspecified atom stereocenters. The summed E-state index contributed by atoms with van der Waals surface area (Å²) in [6.45, 7) is 0. The van der Waals surface area contributed by atoms with Crippen molar-refractivity contribution in [3.05, 3.63) is 41.9 Å². The standard InChI is InChI=1S/C12H10FNO3/c13-9-3-1-8(2-4-9)11-7-10(17-14-11)5-6-12(15)16/h1-4,7H,5-6H2,(H,15,16). The van der Waals surface area contributed by atoms with E-state index in [4.69, 9.17) is 9.63 Å². The Bertz CT molecular complexity index is 519. The predicted octanol–water partition coefficient (Wildman–Crippen LogP) is 2.50. The number of rotatable bonds is 4. The molecule has 0 saturated heterocycles. The van der Waals surface area contributed by atoms with Gasteiger partial charge in [0.1, 0.15) is 17.3 Å². The Kier molecular flexibility index (Phi) is 3.18. The van der Waals surface area contributed by atoms with Crippen molar-refractivity contribution in [3.63, 3.8) is 0 Å². The van der Waals surface area contributed by atoms with Crippen molar-refractivity contribution in [2.75, 3.05) is 0 Å². The molecular weight excluding hydrogens is 225 g/mol. The Hall–Kier alpha value is -2.17. The number of aromatic nitrogens is 1. The summed E-state index contributed by atoms with van der Waals surface area (Å²) in [5.74, 6) is -0.695. The zero-order valence-electron chi connectivity index (χ0n) is 8.89. The summed E-state index contributed by atoms with van der Waals surface area (Å²) < 4.78 is 17.7. The van der Waals surface area contributed by atoms with E-state index >= 15 is 0 Å². The van der Waals surface area contributed by atoms with Crippen molar-refractivity contribution in [1.82, 2.24) is 5.16 Å². The van der Waals surface area contributed by atoms with Crippen LogP contribution in [-0.2, 0) is 11.2 Å². The number of halogens is 1. The SMILES string of the molecule is O=C(O)CCc1cc(-c2ccc(F)cc2)no1. The second-order valence-electron chi connectivity index (χ2n) is 3.58. The number of hydrogen-bond acceptors (Lipinski definition) is 3. The summed E-state index contributed by atoms with van der Waals surface area (Å²) in [6.07, 6.45) is 0.293. The van der Waals surface area contributed by atoms with Crippen LogP contribution < -0.4 is 0 Å². The highest BCUT2D eigenvalue weighted by Crippen LogP contribution is 2.19. The number of aliphatic carboxylic acids is 1. The van der Waals surface area contributed by atoms with E-state index in [1.807, 2.05) is 0 Å². The van der Waals surface area contributed by atoms with E-state index in [9.17, 15) is 9.18 Å². The fourth-order valence-corrected chi connectivity index (χ4v) is 1.42. The summed E-state index contributed by atoms with van der Waals surface area (Å²) >= 11 is 0. The van der Waals surface area contributed by atoms with E-state index in [-0.39, 0.29) is 12.2 Å². The average molecular weight is 235 g/mol. The van der Waals surface area contributed by atoms with Crippen LogP contribution in [0.3, 0.4) is 0 Å². The van der Waals surface area contributed by atoms with Crippen LogP contribution in [0.4, 0.5) is 4.39 Å². The minimum Gasteiger partial charge on any atom is -0.481 e. The van der Waals surface area contributed by atoms with Crippen molar-refractivity contribution in [2.45, 2.75) is 12.8 Å². The van der Waals surface area contributed by atoms with E-state index in [1.54, 1.807) is 18.2 Å². The van der Waals surface area contributed by atoms with E-state index in [2.05, 4.69) is 5.16 Å². The first-order valence-electron chi connectivity index (χ1n) is 5.08. The molecule has 2 rings (SSSR count). The molecule has 2 aromatic rings. The average Bonchev–Trinajstić information content (AvgIpc) is 2.76. The van der Waals surface area contributed by atoms with E-state index < -0.39 is 5.97 Å². The monoisotopic (exact) mass is 235 g/mol. The molecule has 0 radical (unpaired) electrons. The van der Waals surface area contributed by atoms with Gasteiger partial charge in [0.05, 0.1) is 6.42 Å². The fourth-order valence-electron chi connectivity index (χ4n) is 1.42. The summed E-state index contributed by atoms with van der Waals surface area (Å²) in [4.78, 5) is 10.4. The zero-order chi connectivity index (χ0) is 12.3. The third-order valence-corrected chi connectivity index (χ3v) is 2.28. The van der Waals surface area contributed by atoms with E-state index in [1.165, 1.54) is 12.1 Å². The number of benzene rings is 1. The maximum atomic E-state index is 12.7. The molecule has 0 aliphatic carbocycles. The molecule has 0 spiro atoms. The van der Waals surface area contributed by atoms with Gasteiger partial charge in [0.25, 0.3) is 0 Å². The third-order valence-electron chi connectivity index (χ3n) is 2.28. The lowest BCUT2D eigenvalue weighted by atomic mass is 10.1. The highest BCUT2D eigenvalue weighted by molar-refractivity contribution is 5.67. The summed E-state index contributed by atoms with van der Waals surface area (Å²) in [5, 5.41) is 12.3. The number of aryl methyl sites for hydroxylation is 1. The minimum atomic E-state index is -0.885. The van der Waals surface area contributed by atoms with Gasteiger partial charge in [-0.3, -0.25) is 4.79 Å². The van der Waals surface area contributed by atoms with Gasteiger partial charge in [-0.15, -0.1) is 0 Å². The second-order valence-corrected chi connectivity index (χ2v) is 3.58. The van der Waals surface area contributed by atoms with Crippen LogP contribution in [0.15, 0.2) is 34.9 Å². The molecule has 0 fully saturated rings. The Morgan fingerprint density at radius 3 is 2.71 bits per heavy atom. The van der Waals surface area contributed by atoms with Crippen molar-refractivity contribution in [3.8, 4) is 11.3 Å². The molecule has 17 heavy (non-hydrogen) atoms. The van der Waals surface area contributed by atoms with Crippen molar-refractivity contribution in [1.29, 1.82) is 0 Å². The molecule has 0 bridgehead atoms. The molecule has 5 heteroatoms. The topological polar surface area (TPSA) is 63.3 Å². The lowest BCUT2D eigenvalue weighted by Gasteiger charge is -1.93. The number of carboxylic acid groups (broad SMARTS) is 1. The Morgan fingerprint density at radius 1 is 1.35 bits per heavy atom. The van der Waals surface area contributed by atoms with Crippen LogP contribution in [0.1, 0.15) is 12.2 Å². The molecule has 1 aromatic carbocycles. The van der Waals surface area contributed by atoms with Crippen molar-refractivity contribution < 1.29 is 18.8 Å². The second kappa shape index (κ2) is 4.78. The molecule has 0 aliphatic heterocycles. The summed E-state index contributed by atoms with van der Waals surface area (Å²) in [7, 11) is 0. The van der Waals surface area contributed by atoms with Gasteiger partial charge in [0, 0.05) is 18.1 Å². The number of nitrogens with zero attached hydrogens (tertiary/aromatic N) is 1. The molecule has 0 saturated carbocycles. The maximum absolute atomic E-state index is 12.7. The van der Waals surface area contributed by atoms with Gasteiger partial charge in [-0.25, -0.2) is 4.39 Å². The van der Waals surface area contributed by atoms with Gasteiger partial charge in [-0.05, 0) is 24.3 Å². The predicted molar refractivity (Wildman–Crippen MR) is 57.9 cm³/mol. The quantitative estimate of drug-likeness (QED) is 0.884. The molecule has 0 atom stereocenters. The lowest BCUT2D eigenvalue weighted by Crippen LogP contribution is -1.96. The molecule has 1 heterocycles. The molecular formula is C12H10FNO3. The summed E-state index contributed by atoms with van der Waals surface area (Å²) in [5.41, 5.74) is 1.31. The van der Waals surface area contributed by atoms with Crippen LogP contribution in [0.5, 0.6) is 0 Å². The molecule has 88 valence electrons. The minimum absolute atomic E-state index is 0.00193. The number of hydrogen-bond donors (Lipinski definition) is 1. The zero-order valence-corrected chi connectivity index (χ0v) is 8.89. The van der Waals surface area contributed by atoms with Gasteiger partial charge in [-0.2, -0.15) is 0 Å². The van der Waals surface area contributed by atoms with Crippen LogP contribution in [-0.4, -0.2) is 16.2 Å². The van der Waals surface area contributed by atoms with Gasteiger partial charge in [0.15, 0.2) is 0 Å². The van der Waals surface area contributed by atoms with Gasteiger partial charge >= 0.3 is 5.97 Å². The molecule has 4 nitrogen and oxygen atoms in total. The molecule has 0 amide bonds. The van der Waals surface area contributed by atoms with Crippen LogP contribution >= 0.6 is 0 Å². The Labute approximate surface area is 96.7 Å². The van der Waals surface area contributed by atoms with Crippen molar-refractivity contribution in [2.24, 2.45) is 0 Å². The lowest BCUT2D eigenvalue weighted by molar-refractivity contribution is -0.137. The van der Waals surface area contributed by atoms with Gasteiger partial charge in [0.2, 0.25) is 0 Å². The van der Waals surface area contributed by atoms with Crippen LogP contribution in [0, 0.1) is 5.82 Å².